The Hall–Kier alpha value is -0.810. The zero-order chi connectivity index (χ0) is 12.2. The highest BCUT2D eigenvalue weighted by Crippen LogP contribution is 2.38. The molecule has 2 heterocycles. The Labute approximate surface area is 108 Å². The van der Waals surface area contributed by atoms with Crippen LogP contribution in [0, 0.1) is 0 Å². The molecule has 2 fully saturated rings. The smallest absolute Gasteiger partial charge is 0.270 e. The highest BCUT2D eigenvalue weighted by atomic mass is 79.9. The van der Waals surface area contributed by atoms with E-state index in [1.165, 1.54) is 0 Å². The van der Waals surface area contributed by atoms with Gasteiger partial charge in [0.2, 0.25) is 0 Å². The minimum atomic E-state index is -0.704. The second-order valence-corrected chi connectivity index (χ2v) is 6.26. The van der Waals surface area contributed by atoms with Gasteiger partial charge in [-0.1, -0.05) is 0 Å². The van der Waals surface area contributed by atoms with Gasteiger partial charge < -0.3 is 14.6 Å². The largest absolute Gasteiger partial charge is 0.386 e. The molecule has 5 heteroatoms. The van der Waals surface area contributed by atoms with E-state index in [0.29, 0.717) is 19.1 Å². The van der Waals surface area contributed by atoms with Crippen LogP contribution in [0.3, 0.4) is 0 Å². The van der Waals surface area contributed by atoms with E-state index in [4.69, 9.17) is 0 Å². The molecule has 1 aromatic heterocycles. The summed E-state index contributed by atoms with van der Waals surface area (Å²) in [6.07, 6.45) is 4.28. The summed E-state index contributed by atoms with van der Waals surface area (Å²) in [6.45, 7) is 2.62. The molecule has 1 aliphatic heterocycles. The van der Waals surface area contributed by atoms with E-state index in [9.17, 15) is 9.90 Å². The van der Waals surface area contributed by atoms with Crippen molar-refractivity contribution in [3.05, 3.63) is 22.4 Å². The van der Waals surface area contributed by atoms with Gasteiger partial charge in [-0.2, -0.15) is 0 Å². The molecule has 1 aromatic rings. The summed E-state index contributed by atoms with van der Waals surface area (Å²) in [4.78, 5) is 13.9. The summed E-state index contributed by atoms with van der Waals surface area (Å²) in [6, 6.07) is 2.36. The Kier molecular flexibility index (Phi) is 2.38. The SMILES string of the molecule is CC1(O)CN(C(=O)c2cc(Br)cn2C2CC2)C1. The van der Waals surface area contributed by atoms with Crippen molar-refractivity contribution in [1.82, 2.24) is 9.47 Å². The predicted octanol–water partition coefficient (Wildman–Crippen LogP) is 1.79. The summed E-state index contributed by atoms with van der Waals surface area (Å²) in [5.41, 5.74) is 0.0269. The third-order valence-electron chi connectivity index (χ3n) is 3.32. The van der Waals surface area contributed by atoms with Crippen molar-refractivity contribution >= 4 is 21.8 Å². The lowest BCUT2D eigenvalue weighted by molar-refractivity contribution is -0.0672. The Balaban J connectivity index is 1.82. The molecule has 92 valence electrons. The zero-order valence-corrected chi connectivity index (χ0v) is 11.3. The van der Waals surface area contributed by atoms with Gasteiger partial charge in [-0.15, -0.1) is 0 Å². The fourth-order valence-corrected chi connectivity index (χ4v) is 2.79. The molecule has 0 atom stereocenters. The van der Waals surface area contributed by atoms with Gasteiger partial charge in [-0.25, -0.2) is 0 Å². The molecule has 0 aromatic carbocycles. The lowest BCUT2D eigenvalue weighted by Gasteiger charge is -2.44. The molecule has 0 spiro atoms. The van der Waals surface area contributed by atoms with Gasteiger partial charge in [0.1, 0.15) is 5.69 Å². The van der Waals surface area contributed by atoms with Gasteiger partial charge in [-0.3, -0.25) is 4.79 Å². The third-order valence-corrected chi connectivity index (χ3v) is 3.76. The van der Waals surface area contributed by atoms with E-state index in [0.717, 1.165) is 23.0 Å². The first-order valence-corrected chi connectivity index (χ1v) is 6.65. The topological polar surface area (TPSA) is 45.5 Å². The molecular formula is C12H15BrN2O2. The molecule has 1 amide bonds. The molecule has 1 aliphatic carbocycles. The minimum Gasteiger partial charge on any atom is -0.386 e. The first-order chi connectivity index (χ1) is 7.96. The van der Waals surface area contributed by atoms with Crippen LogP contribution >= 0.6 is 15.9 Å². The van der Waals surface area contributed by atoms with Crippen LogP contribution in [0.4, 0.5) is 0 Å². The fourth-order valence-electron chi connectivity index (χ4n) is 2.35. The van der Waals surface area contributed by atoms with Crippen molar-refractivity contribution in [2.24, 2.45) is 0 Å². The van der Waals surface area contributed by atoms with E-state index in [-0.39, 0.29) is 5.91 Å². The molecule has 1 saturated carbocycles. The second-order valence-electron chi connectivity index (χ2n) is 5.34. The number of amides is 1. The number of carbonyl (C=O) groups excluding carboxylic acids is 1. The normalized spacial score (nSPS) is 22.4. The summed E-state index contributed by atoms with van der Waals surface area (Å²) in [7, 11) is 0. The number of halogens is 1. The van der Waals surface area contributed by atoms with E-state index in [1.807, 2.05) is 12.3 Å². The second kappa shape index (κ2) is 3.59. The number of carbonyl (C=O) groups is 1. The first-order valence-electron chi connectivity index (χ1n) is 5.85. The number of aliphatic hydroxyl groups is 1. The molecule has 3 rings (SSSR count). The monoisotopic (exact) mass is 298 g/mol. The van der Waals surface area contributed by atoms with Gasteiger partial charge in [0.05, 0.1) is 18.7 Å². The van der Waals surface area contributed by atoms with Crippen LogP contribution in [0.1, 0.15) is 36.3 Å². The molecule has 1 N–H and O–H groups in total. The van der Waals surface area contributed by atoms with Crippen molar-refractivity contribution in [3.8, 4) is 0 Å². The number of β-amino-alcohol motifs (C(OH)–C–C–N with tert-alkyl or cyclic N) is 1. The van der Waals surface area contributed by atoms with Crippen LogP contribution in [-0.4, -0.2) is 39.2 Å². The van der Waals surface area contributed by atoms with Gasteiger partial charge in [-0.05, 0) is 41.8 Å². The van der Waals surface area contributed by atoms with Gasteiger partial charge >= 0.3 is 0 Å². The number of rotatable bonds is 2. The molecular weight excluding hydrogens is 284 g/mol. The van der Waals surface area contributed by atoms with Crippen LogP contribution in [-0.2, 0) is 0 Å². The maximum absolute atomic E-state index is 12.3. The van der Waals surface area contributed by atoms with E-state index < -0.39 is 5.60 Å². The van der Waals surface area contributed by atoms with Crippen LogP contribution < -0.4 is 0 Å². The minimum absolute atomic E-state index is 0.0223. The maximum Gasteiger partial charge on any atom is 0.270 e. The Morgan fingerprint density at radius 3 is 2.71 bits per heavy atom. The number of hydrogen-bond acceptors (Lipinski definition) is 2. The van der Waals surface area contributed by atoms with Crippen LogP contribution in [0.5, 0.6) is 0 Å². The molecule has 0 unspecified atom stereocenters. The van der Waals surface area contributed by atoms with Crippen molar-refractivity contribution in [2.75, 3.05) is 13.1 Å². The van der Waals surface area contributed by atoms with Gasteiger partial charge in [0.25, 0.3) is 5.91 Å². The maximum atomic E-state index is 12.3. The molecule has 2 aliphatic rings. The molecule has 4 nitrogen and oxygen atoms in total. The van der Waals surface area contributed by atoms with Gasteiger partial charge in [0, 0.05) is 16.7 Å². The summed E-state index contributed by atoms with van der Waals surface area (Å²) in [5.74, 6) is 0.0223. The van der Waals surface area contributed by atoms with Gasteiger partial charge in [0.15, 0.2) is 0 Å². The number of aromatic nitrogens is 1. The van der Waals surface area contributed by atoms with E-state index in [2.05, 4.69) is 20.5 Å². The Bertz CT molecular complexity index is 469. The average Bonchev–Trinajstić information content (AvgIpc) is 2.97. The van der Waals surface area contributed by atoms with Crippen LogP contribution in [0.2, 0.25) is 0 Å². The van der Waals surface area contributed by atoms with E-state index in [1.54, 1.807) is 11.8 Å². The molecule has 0 radical (unpaired) electrons. The number of nitrogens with zero attached hydrogens (tertiary/aromatic N) is 2. The van der Waals surface area contributed by atoms with E-state index >= 15 is 0 Å². The Morgan fingerprint density at radius 2 is 2.18 bits per heavy atom. The van der Waals surface area contributed by atoms with Crippen molar-refractivity contribution in [2.45, 2.75) is 31.4 Å². The highest BCUT2D eigenvalue weighted by Gasteiger charge is 2.41. The van der Waals surface area contributed by atoms with Crippen molar-refractivity contribution in [1.29, 1.82) is 0 Å². The Morgan fingerprint density at radius 1 is 1.53 bits per heavy atom. The predicted molar refractivity (Wildman–Crippen MR) is 66.9 cm³/mol. The number of hydrogen-bond donors (Lipinski definition) is 1. The quantitative estimate of drug-likeness (QED) is 0.905. The van der Waals surface area contributed by atoms with Crippen molar-refractivity contribution < 1.29 is 9.90 Å². The standard InChI is InChI=1S/C12H15BrN2O2/c1-12(17)6-14(7-12)11(16)10-4-8(13)5-15(10)9-2-3-9/h4-5,9,17H,2-3,6-7H2,1H3. The summed E-state index contributed by atoms with van der Waals surface area (Å²) in [5, 5.41) is 9.67. The summed E-state index contributed by atoms with van der Waals surface area (Å²) >= 11 is 3.42. The zero-order valence-electron chi connectivity index (χ0n) is 9.69. The molecule has 17 heavy (non-hydrogen) atoms. The van der Waals surface area contributed by atoms with Crippen LogP contribution in [0.25, 0.3) is 0 Å². The number of likely N-dealkylation sites (tertiary alicyclic amines) is 1. The highest BCUT2D eigenvalue weighted by molar-refractivity contribution is 9.10. The van der Waals surface area contributed by atoms with Crippen LogP contribution in [0.15, 0.2) is 16.7 Å². The fraction of sp³-hybridized carbons (Fsp3) is 0.583. The average molecular weight is 299 g/mol. The van der Waals surface area contributed by atoms with Crippen molar-refractivity contribution in [3.63, 3.8) is 0 Å². The molecule has 1 saturated heterocycles. The molecule has 0 bridgehead atoms. The summed E-state index contributed by atoms with van der Waals surface area (Å²) < 4.78 is 3.00. The third kappa shape index (κ3) is 2.02. The lowest BCUT2D eigenvalue weighted by Crippen LogP contribution is -2.61. The first kappa shape index (κ1) is 11.3. The lowest BCUT2D eigenvalue weighted by atomic mass is 9.96.